The quantitative estimate of drug-likeness (QED) is 0.236. The summed E-state index contributed by atoms with van der Waals surface area (Å²) in [5, 5.41) is 10.8. The topological polar surface area (TPSA) is 88.4 Å². The molecule has 11 heteroatoms. The molecule has 3 aromatic rings. The molecule has 1 amide bonds. The molecule has 1 saturated heterocycles. The number of carboxylic acid groups (broad SMARTS) is 1. The number of likely N-dealkylation sites (N-methyl/N-ethyl adjacent to an activating group) is 1. The smallest absolute Gasteiger partial charge is 0.335 e. The normalized spacial score (nSPS) is 15.3. The molecular weight excluding hydrogens is 627 g/mol. The number of carbonyl (C=O) groups is 2. The summed E-state index contributed by atoms with van der Waals surface area (Å²) in [6.45, 7) is 4.75. The van der Waals surface area contributed by atoms with Crippen LogP contribution in [0, 0.1) is 0 Å². The second-order valence-electron chi connectivity index (χ2n) is 8.20. The van der Waals surface area contributed by atoms with Crippen LogP contribution in [0.4, 0.5) is 5.69 Å². The first kappa shape index (κ1) is 29.0. The van der Waals surface area contributed by atoms with Crippen LogP contribution < -0.4 is 9.47 Å². The average Bonchev–Trinajstić information content (AvgIpc) is 3.18. The van der Waals surface area contributed by atoms with Crippen LogP contribution in [0.15, 0.2) is 69.0 Å². The van der Waals surface area contributed by atoms with E-state index < -0.39 is 5.97 Å². The molecule has 7 nitrogen and oxygen atoms in total. The molecule has 1 aliphatic rings. The molecule has 0 unspecified atom stereocenters. The van der Waals surface area contributed by atoms with E-state index in [-0.39, 0.29) is 18.1 Å². The third-order valence-electron chi connectivity index (χ3n) is 5.54. The molecule has 3 aromatic carbocycles. The van der Waals surface area contributed by atoms with Crippen LogP contribution in [-0.2, 0) is 11.4 Å². The van der Waals surface area contributed by atoms with Crippen LogP contribution in [0.25, 0.3) is 6.08 Å². The maximum absolute atomic E-state index is 13.2. The van der Waals surface area contributed by atoms with Crippen molar-refractivity contribution in [2.45, 2.75) is 20.5 Å². The fourth-order valence-electron chi connectivity index (χ4n) is 3.70. The summed E-state index contributed by atoms with van der Waals surface area (Å²) in [7, 11) is 0. The Labute approximate surface area is 248 Å². The number of amides is 1. The average molecular weight is 650 g/mol. The van der Waals surface area contributed by atoms with E-state index in [9.17, 15) is 14.7 Å². The van der Waals surface area contributed by atoms with Gasteiger partial charge in [0.15, 0.2) is 16.7 Å². The number of carboxylic acids is 1. The molecule has 1 heterocycles. The van der Waals surface area contributed by atoms with Gasteiger partial charge >= 0.3 is 5.97 Å². The van der Waals surface area contributed by atoms with Gasteiger partial charge in [-0.05, 0) is 95.6 Å². The Morgan fingerprint density at radius 1 is 1.13 bits per heavy atom. The molecule has 0 bridgehead atoms. The highest BCUT2D eigenvalue weighted by Gasteiger charge is 2.32. The third kappa shape index (κ3) is 6.97. The number of benzene rings is 3. The standard InChI is InChI=1S/C28H23BrCl2N2O5S/c1-3-33-26(34)24(39-28(33)32-20-7-5-6-17(13-20)27(35)36)12-16-10-21(29)25(23(11-16)37-4-2)38-15-18-8-9-19(30)14-22(18)31/h5-14H,3-4,15H2,1-2H3,(H,35,36)/b24-12-,32-28?. The summed E-state index contributed by atoms with van der Waals surface area (Å²) >= 11 is 17.1. The summed E-state index contributed by atoms with van der Waals surface area (Å²) in [4.78, 5) is 31.1. The highest BCUT2D eigenvalue weighted by Crippen LogP contribution is 2.40. The Morgan fingerprint density at radius 3 is 2.62 bits per heavy atom. The number of hydrogen-bond acceptors (Lipinski definition) is 6. The maximum atomic E-state index is 13.2. The second-order valence-corrected chi connectivity index (χ2v) is 10.9. The number of hydrogen-bond donors (Lipinski definition) is 1. The molecule has 0 aliphatic carbocycles. The van der Waals surface area contributed by atoms with E-state index in [2.05, 4.69) is 20.9 Å². The van der Waals surface area contributed by atoms with Crippen molar-refractivity contribution in [3.63, 3.8) is 0 Å². The van der Waals surface area contributed by atoms with Crippen LogP contribution in [0.3, 0.4) is 0 Å². The molecule has 0 atom stereocenters. The van der Waals surface area contributed by atoms with Crippen molar-refractivity contribution < 1.29 is 24.2 Å². The molecule has 0 spiro atoms. The van der Waals surface area contributed by atoms with E-state index in [1.165, 1.54) is 23.9 Å². The molecule has 1 N–H and O–H groups in total. The third-order valence-corrected chi connectivity index (χ3v) is 7.72. The molecule has 39 heavy (non-hydrogen) atoms. The summed E-state index contributed by atoms with van der Waals surface area (Å²) in [6, 6.07) is 15.1. The SMILES string of the molecule is CCOc1cc(/C=C2\SC(=Nc3cccc(C(=O)O)c3)N(CC)C2=O)cc(Br)c1OCc1ccc(Cl)cc1Cl. The molecule has 4 rings (SSSR count). The van der Waals surface area contributed by atoms with Crippen LogP contribution in [0.2, 0.25) is 10.0 Å². The predicted octanol–water partition coefficient (Wildman–Crippen LogP) is 8.06. The molecule has 0 aromatic heterocycles. The maximum Gasteiger partial charge on any atom is 0.335 e. The van der Waals surface area contributed by atoms with Crippen molar-refractivity contribution >= 4 is 79.7 Å². The fourth-order valence-corrected chi connectivity index (χ4v) is 5.80. The van der Waals surface area contributed by atoms with Crippen LogP contribution >= 0.6 is 50.9 Å². The Bertz CT molecular complexity index is 1490. The number of thioether (sulfide) groups is 1. The van der Waals surface area contributed by atoms with Crippen molar-refractivity contribution in [2.75, 3.05) is 13.2 Å². The number of halogens is 3. The van der Waals surface area contributed by atoms with Gasteiger partial charge in [-0.1, -0.05) is 35.3 Å². The van der Waals surface area contributed by atoms with Gasteiger partial charge in [-0.2, -0.15) is 0 Å². The second kappa shape index (κ2) is 12.9. The van der Waals surface area contributed by atoms with E-state index >= 15 is 0 Å². The van der Waals surface area contributed by atoms with Crippen LogP contribution in [0.5, 0.6) is 11.5 Å². The first-order chi connectivity index (χ1) is 18.7. The number of ether oxygens (including phenoxy) is 2. The minimum absolute atomic E-state index is 0.124. The Kier molecular flexibility index (Phi) is 9.61. The number of amidine groups is 1. The van der Waals surface area contributed by atoms with Gasteiger partial charge in [0.1, 0.15) is 6.61 Å². The van der Waals surface area contributed by atoms with Crippen LogP contribution in [0.1, 0.15) is 35.3 Å². The summed E-state index contributed by atoms with van der Waals surface area (Å²) in [6.07, 6.45) is 1.76. The van der Waals surface area contributed by atoms with Gasteiger partial charge in [0.25, 0.3) is 5.91 Å². The molecule has 1 aliphatic heterocycles. The number of aromatic carboxylic acids is 1. The van der Waals surface area contributed by atoms with E-state index in [4.69, 9.17) is 32.7 Å². The Morgan fingerprint density at radius 2 is 1.92 bits per heavy atom. The van der Waals surface area contributed by atoms with E-state index in [1.54, 1.807) is 47.4 Å². The fraction of sp³-hybridized carbons (Fsp3) is 0.179. The van der Waals surface area contributed by atoms with Gasteiger partial charge in [-0.25, -0.2) is 9.79 Å². The van der Waals surface area contributed by atoms with Crippen LogP contribution in [-0.4, -0.2) is 40.2 Å². The lowest BCUT2D eigenvalue weighted by Gasteiger charge is -2.15. The number of rotatable bonds is 9. The van der Waals surface area contributed by atoms with Gasteiger partial charge < -0.3 is 14.6 Å². The lowest BCUT2D eigenvalue weighted by atomic mass is 10.1. The number of aliphatic imine (C=N–C) groups is 1. The Hall–Kier alpha value is -2.98. The van der Waals surface area contributed by atoms with Crippen molar-refractivity contribution in [1.82, 2.24) is 4.90 Å². The minimum atomic E-state index is -1.04. The first-order valence-electron chi connectivity index (χ1n) is 11.9. The molecular formula is C28H23BrCl2N2O5S. The molecule has 0 radical (unpaired) electrons. The summed E-state index contributed by atoms with van der Waals surface area (Å²) < 4.78 is 12.6. The van der Waals surface area contributed by atoms with Gasteiger partial charge in [0.05, 0.1) is 27.2 Å². The van der Waals surface area contributed by atoms with E-state index in [1.807, 2.05) is 19.9 Å². The zero-order valence-electron chi connectivity index (χ0n) is 20.9. The van der Waals surface area contributed by atoms with Crippen molar-refractivity contribution in [2.24, 2.45) is 4.99 Å². The number of carbonyl (C=O) groups excluding carboxylic acids is 1. The molecule has 0 saturated carbocycles. The van der Waals surface area contributed by atoms with Gasteiger partial charge in [0.2, 0.25) is 0 Å². The highest BCUT2D eigenvalue weighted by atomic mass is 79.9. The predicted molar refractivity (Wildman–Crippen MR) is 160 cm³/mol. The van der Waals surface area contributed by atoms with E-state index in [0.717, 1.165) is 11.1 Å². The lowest BCUT2D eigenvalue weighted by molar-refractivity contribution is -0.122. The van der Waals surface area contributed by atoms with Gasteiger partial charge in [0, 0.05) is 22.2 Å². The minimum Gasteiger partial charge on any atom is -0.490 e. The molecule has 1 fully saturated rings. The monoisotopic (exact) mass is 648 g/mol. The molecule has 202 valence electrons. The zero-order valence-corrected chi connectivity index (χ0v) is 24.8. The van der Waals surface area contributed by atoms with Gasteiger partial charge in [-0.15, -0.1) is 0 Å². The summed E-state index contributed by atoms with van der Waals surface area (Å²) in [5.74, 6) is -0.223. The van der Waals surface area contributed by atoms with Crippen molar-refractivity contribution in [1.29, 1.82) is 0 Å². The number of nitrogens with zero attached hydrogens (tertiary/aromatic N) is 2. The summed E-state index contributed by atoms with van der Waals surface area (Å²) in [5.41, 5.74) is 2.07. The Balaban J connectivity index is 1.62. The highest BCUT2D eigenvalue weighted by molar-refractivity contribution is 9.10. The van der Waals surface area contributed by atoms with Gasteiger partial charge in [-0.3, -0.25) is 9.69 Å². The van der Waals surface area contributed by atoms with Crippen molar-refractivity contribution in [3.05, 3.63) is 90.7 Å². The zero-order chi connectivity index (χ0) is 28.1. The first-order valence-corrected chi connectivity index (χ1v) is 14.2. The lowest BCUT2D eigenvalue weighted by Crippen LogP contribution is -2.28. The van der Waals surface area contributed by atoms with E-state index in [0.29, 0.717) is 54.9 Å². The van der Waals surface area contributed by atoms with Crippen molar-refractivity contribution in [3.8, 4) is 11.5 Å². The largest absolute Gasteiger partial charge is 0.490 e.